The van der Waals surface area contributed by atoms with Gasteiger partial charge in [-0.1, -0.05) is 31.4 Å². The van der Waals surface area contributed by atoms with Gasteiger partial charge in [-0.15, -0.1) is 0 Å². The van der Waals surface area contributed by atoms with E-state index in [-0.39, 0.29) is 0 Å². The van der Waals surface area contributed by atoms with Crippen molar-refractivity contribution in [3.05, 3.63) is 29.5 Å². The van der Waals surface area contributed by atoms with E-state index in [4.69, 9.17) is 9.97 Å². The first-order valence-corrected chi connectivity index (χ1v) is 10.4. The normalized spacial score (nSPS) is 22.5. The topological polar surface area (TPSA) is 41.1 Å². The van der Waals surface area contributed by atoms with Crippen molar-refractivity contribution in [3.63, 3.8) is 0 Å². The second kappa shape index (κ2) is 7.91. The molecule has 2 aromatic rings. The lowest BCUT2D eigenvalue weighted by molar-refractivity contribution is 0.323. The number of rotatable bonds is 3. The Morgan fingerprint density at radius 3 is 2.50 bits per heavy atom. The van der Waals surface area contributed by atoms with Gasteiger partial charge in [0.05, 0.1) is 11.2 Å². The molecule has 2 aliphatic rings. The Morgan fingerprint density at radius 1 is 0.885 bits per heavy atom. The molecule has 4 nitrogen and oxygen atoms in total. The van der Waals surface area contributed by atoms with Gasteiger partial charge in [0.25, 0.3) is 0 Å². The van der Waals surface area contributed by atoms with Gasteiger partial charge in [0.2, 0.25) is 5.95 Å². The van der Waals surface area contributed by atoms with Crippen LogP contribution in [0, 0.1) is 13.8 Å². The van der Waals surface area contributed by atoms with Gasteiger partial charge >= 0.3 is 0 Å². The van der Waals surface area contributed by atoms with Gasteiger partial charge < -0.3 is 10.2 Å². The van der Waals surface area contributed by atoms with Crippen molar-refractivity contribution in [1.82, 2.24) is 15.3 Å². The highest BCUT2D eigenvalue weighted by Crippen LogP contribution is 2.24. The van der Waals surface area contributed by atoms with Crippen LogP contribution in [0.1, 0.15) is 62.6 Å². The highest BCUT2D eigenvalue weighted by Gasteiger charge is 2.22. The largest absolute Gasteiger partial charge is 0.341 e. The van der Waals surface area contributed by atoms with Crippen LogP contribution in [0.25, 0.3) is 10.9 Å². The minimum absolute atomic E-state index is 0.659. The van der Waals surface area contributed by atoms with Crippen molar-refractivity contribution in [3.8, 4) is 0 Å². The van der Waals surface area contributed by atoms with Crippen LogP contribution in [-0.2, 0) is 0 Å². The van der Waals surface area contributed by atoms with E-state index in [1.165, 1.54) is 62.3 Å². The zero-order valence-corrected chi connectivity index (χ0v) is 16.3. The summed E-state index contributed by atoms with van der Waals surface area (Å²) in [7, 11) is 0. The molecule has 2 fully saturated rings. The molecule has 26 heavy (non-hydrogen) atoms. The molecule has 2 heterocycles. The van der Waals surface area contributed by atoms with Crippen LogP contribution >= 0.6 is 0 Å². The van der Waals surface area contributed by atoms with Crippen LogP contribution in [-0.4, -0.2) is 35.1 Å². The lowest BCUT2D eigenvalue weighted by Crippen LogP contribution is -2.40. The van der Waals surface area contributed by atoms with Gasteiger partial charge in [-0.2, -0.15) is 0 Å². The smallest absolute Gasteiger partial charge is 0.226 e. The Labute approximate surface area is 157 Å². The van der Waals surface area contributed by atoms with Crippen LogP contribution in [0.15, 0.2) is 18.2 Å². The van der Waals surface area contributed by atoms with Crippen molar-refractivity contribution in [2.24, 2.45) is 0 Å². The maximum atomic E-state index is 4.90. The third-order valence-corrected chi connectivity index (χ3v) is 6.12. The summed E-state index contributed by atoms with van der Waals surface area (Å²) in [5.74, 6) is 0.916. The van der Waals surface area contributed by atoms with Crippen molar-refractivity contribution < 1.29 is 0 Å². The summed E-state index contributed by atoms with van der Waals surface area (Å²) in [6.45, 7) is 6.36. The SMILES string of the molecule is Cc1ccc2c(C)nc(N3CCC[C@H](NC4CCCCC4)CC3)nc2c1. The number of fused-ring (bicyclic) bond motifs is 1. The number of anilines is 1. The Morgan fingerprint density at radius 2 is 1.65 bits per heavy atom. The summed E-state index contributed by atoms with van der Waals surface area (Å²) in [6.07, 6.45) is 10.7. The van der Waals surface area contributed by atoms with E-state index in [1.807, 2.05) is 0 Å². The van der Waals surface area contributed by atoms with Crippen molar-refractivity contribution in [2.75, 3.05) is 18.0 Å². The summed E-state index contributed by atoms with van der Waals surface area (Å²) in [6, 6.07) is 7.88. The first-order chi connectivity index (χ1) is 12.7. The molecule has 1 aromatic heterocycles. The summed E-state index contributed by atoms with van der Waals surface area (Å²) in [4.78, 5) is 12.1. The molecule has 1 aliphatic heterocycles. The maximum Gasteiger partial charge on any atom is 0.226 e. The molecule has 4 rings (SSSR count). The second-order valence-electron chi connectivity index (χ2n) is 8.25. The standard InChI is InChI=1S/C22H32N4/c1-16-10-11-20-17(2)23-22(25-21(20)15-16)26-13-6-9-19(12-14-26)24-18-7-4-3-5-8-18/h10-11,15,18-19,24H,3-9,12-14H2,1-2H3/t19-/m0/s1. The third kappa shape index (κ3) is 4.01. The third-order valence-electron chi connectivity index (χ3n) is 6.12. The van der Waals surface area contributed by atoms with Crippen LogP contribution in [0.5, 0.6) is 0 Å². The minimum Gasteiger partial charge on any atom is -0.341 e. The maximum absolute atomic E-state index is 4.90. The number of benzene rings is 1. The van der Waals surface area contributed by atoms with Crippen molar-refractivity contribution >= 4 is 16.9 Å². The fourth-order valence-corrected chi connectivity index (χ4v) is 4.59. The Kier molecular flexibility index (Phi) is 5.39. The zero-order chi connectivity index (χ0) is 17.9. The Balaban J connectivity index is 1.46. The van der Waals surface area contributed by atoms with E-state index in [0.29, 0.717) is 6.04 Å². The summed E-state index contributed by atoms with van der Waals surface area (Å²) in [5, 5.41) is 5.12. The molecule has 0 radical (unpaired) electrons. The summed E-state index contributed by atoms with van der Waals surface area (Å²) in [5.41, 5.74) is 3.42. The first kappa shape index (κ1) is 17.7. The van der Waals surface area contributed by atoms with E-state index >= 15 is 0 Å². The van der Waals surface area contributed by atoms with Crippen molar-refractivity contribution in [1.29, 1.82) is 0 Å². The predicted octanol–water partition coefficient (Wildman–Crippen LogP) is 4.53. The Hall–Kier alpha value is -1.68. The molecule has 1 saturated carbocycles. The second-order valence-corrected chi connectivity index (χ2v) is 8.25. The van der Waals surface area contributed by atoms with Gasteiger partial charge in [0.1, 0.15) is 0 Å². The molecule has 1 aliphatic carbocycles. The fraction of sp³-hybridized carbons (Fsp3) is 0.636. The van der Waals surface area contributed by atoms with Crippen LogP contribution in [0.3, 0.4) is 0 Å². The molecule has 0 unspecified atom stereocenters. The quantitative estimate of drug-likeness (QED) is 0.881. The molecule has 1 N–H and O–H groups in total. The average molecular weight is 353 g/mol. The zero-order valence-electron chi connectivity index (χ0n) is 16.3. The van der Waals surface area contributed by atoms with E-state index in [2.05, 4.69) is 42.3 Å². The van der Waals surface area contributed by atoms with Gasteiger partial charge in [-0.25, -0.2) is 9.97 Å². The van der Waals surface area contributed by atoms with Gasteiger partial charge in [-0.3, -0.25) is 0 Å². The van der Waals surface area contributed by atoms with E-state index in [0.717, 1.165) is 36.3 Å². The predicted molar refractivity (Wildman–Crippen MR) is 109 cm³/mol. The number of aryl methyl sites for hydroxylation is 2. The molecular weight excluding hydrogens is 320 g/mol. The number of hydrogen-bond acceptors (Lipinski definition) is 4. The number of hydrogen-bond donors (Lipinski definition) is 1. The lowest BCUT2D eigenvalue weighted by atomic mass is 9.94. The monoisotopic (exact) mass is 352 g/mol. The fourth-order valence-electron chi connectivity index (χ4n) is 4.59. The lowest BCUT2D eigenvalue weighted by Gasteiger charge is -2.28. The number of aromatic nitrogens is 2. The van der Waals surface area contributed by atoms with Crippen LogP contribution in [0.2, 0.25) is 0 Å². The van der Waals surface area contributed by atoms with Crippen LogP contribution in [0.4, 0.5) is 5.95 Å². The van der Waals surface area contributed by atoms with Gasteiger partial charge in [-0.05, 0) is 57.6 Å². The number of nitrogens with zero attached hydrogens (tertiary/aromatic N) is 3. The van der Waals surface area contributed by atoms with Gasteiger partial charge in [0.15, 0.2) is 0 Å². The average Bonchev–Trinajstić information content (AvgIpc) is 2.88. The van der Waals surface area contributed by atoms with E-state index < -0.39 is 0 Å². The first-order valence-electron chi connectivity index (χ1n) is 10.4. The van der Waals surface area contributed by atoms with E-state index in [9.17, 15) is 0 Å². The van der Waals surface area contributed by atoms with Crippen LogP contribution < -0.4 is 10.2 Å². The van der Waals surface area contributed by atoms with E-state index in [1.54, 1.807) is 0 Å². The molecule has 0 spiro atoms. The molecule has 1 atom stereocenters. The van der Waals surface area contributed by atoms with Crippen molar-refractivity contribution in [2.45, 2.75) is 77.3 Å². The summed E-state index contributed by atoms with van der Waals surface area (Å²) < 4.78 is 0. The van der Waals surface area contributed by atoms with Gasteiger partial charge in [0, 0.05) is 30.6 Å². The molecular formula is C22H32N4. The molecule has 140 valence electrons. The number of nitrogens with one attached hydrogen (secondary N) is 1. The summed E-state index contributed by atoms with van der Waals surface area (Å²) >= 11 is 0. The minimum atomic E-state index is 0.659. The molecule has 1 saturated heterocycles. The highest BCUT2D eigenvalue weighted by atomic mass is 15.3. The molecule has 0 bridgehead atoms. The molecule has 0 amide bonds. The molecule has 1 aromatic carbocycles. The Bertz CT molecular complexity index is 751. The molecule has 4 heteroatoms. The highest BCUT2D eigenvalue weighted by molar-refractivity contribution is 5.82.